The third-order valence-corrected chi connectivity index (χ3v) is 3.54. The van der Waals surface area contributed by atoms with Gasteiger partial charge in [-0.3, -0.25) is 4.79 Å². The predicted molar refractivity (Wildman–Crippen MR) is 79.9 cm³/mol. The number of rotatable bonds is 12. The van der Waals surface area contributed by atoms with Gasteiger partial charge in [0, 0.05) is 19.5 Å². The number of carbonyl (C=O) groups is 1. The first kappa shape index (κ1) is 18.4. The van der Waals surface area contributed by atoms with E-state index >= 15 is 0 Å². The van der Waals surface area contributed by atoms with Crippen LogP contribution in [0.15, 0.2) is 0 Å². The number of aliphatic hydroxyl groups excluding tert-OH is 1. The van der Waals surface area contributed by atoms with E-state index in [9.17, 15) is 4.79 Å². The molecule has 1 amide bonds. The van der Waals surface area contributed by atoms with Crippen molar-refractivity contribution in [3.05, 3.63) is 0 Å². The van der Waals surface area contributed by atoms with Crippen LogP contribution in [-0.4, -0.2) is 42.2 Å². The summed E-state index contributed by atoms with van der Waals surface area (Å²) >= 11 is 0. The van der Waals surface area contributed by atoms with Gasteiger partial charge in [-0.2, -0.15) is 0 Å². The van der Waals surface area contributed by atoms with Gasteiger partial charge >= 0.3 is 0 Å². The highest BCUT2D eigenvalue weighted by Gasteiger charge is 2.15. The first-order valence-electron chi connectivity index (χ1n) is 7.78. The summed E-state index contributed by atoms with van der Waals surface area (Å²) in [6, 6.07) is 0. The number of nitrogens with two attached hydrogens (primary N) is 1. The van der Waals surface area contributed by atoms with Crippen LogP contribution in [0, 0.1) is 5.92 Å². The molecule has 0 aliphatic carbocycles. The lowest BCUT2D eigenvalue weighted by molar-refractivity contribution is -0.132. The molecule has 0 aliphatic rings. The van der Waals surface area contributed by atoms with Crippen molar-refractivity contribution in [2.45, 2.75) is 58.8 Å². The summed E-state index contributed by atoms with van der Waals surface area (Å²) in [6.45, 7) is 6.27. The van der Waals surface area contributed by atoms with Crippen LogP contribution in [-0.2, 0) is 4.79 Å². The molecule has 4 heteroatoms. The molecule has 0 saturated heterocycles. The van der Waals surface area contributed by atoms with E-state index in [2.05, 4.69) is 13.8 Å². The maximum atomic E-state index is 12.1. The van der Waals surface area contributed by atoms with Crippen molar-refractivity contribution in [1.82, 2.24) is 4.90 Å². The SMILES string of the molecule is CCCCN(CCO)C(=O)CCC(CCC)CCN. The summed E-state index contributed by atoms with van der Waals surface area (Å²) in [6.07, 6.45) is 6.91. The van der Waals surface area contributed by atoms with Crippen LogP contribution in [0.4, 0.5) is 0 Å². The van der Waals surface area contributed by atoms with Crippen LogP contribution >= 0.6 is 0 Å². The second kappa shape index (κ2) is 12.4. The van der Waals surface area contributed by atoms with Gasteiger partial charge in [0.1, 0.15) is 0 Å². The molecule has 3 N–H and O–H groups in total. The Bertz CT molecular complexity index is 216. The van der Waals surface area contributed by atoms with Crippen LogP contribution in [0.25, 0.3) is 0 Å². The highest BCUT2D eigenvalue weighted by molar-refractivity contribution is 5.76. The standard InChI is InChI=1S/C15H32N2O2/c1-3-5-11-17(12-13-18)15(19)8-7-14(6-4-2)9-10-16/h14,18H,3-13,16H2,1-2H3. The number of hydrogen-bond acceptors (Lipinski definition) is 3. The molecule has 0 bridgehead atoms. The molecule has 0 aromatic rings. The molecule has 1 atom stereocenters. The minimum absolute atomic E-state index is 0.0522. The van der Waals surface area contributed by atoms with Gasteiger partial charge in [0.25, 0.3) is 0 Å². The fraction of sp³-hybridized carbons (Fsp3) is 0.933. The van der Waals surface area contributed by atoms with Crippen molar-refractivity contribution in [3.63, 3.8) is 0 Å². The summed E-state index contributed by atoms with van der Waals surface area (Å²) in [7, 11) is 0. The summed E-state index contributed by atoms with van der Waals surface area (Å²) in [5.41, 5.74) is 5.61. The zero-order valence-electron chi connectivity index (χ0n) is 12.7. The smallest absolute Gasteiger partial charge is 0.222 e. The molecular weight excluding hydrogens is 240 g/mol. The Kier molecular flexibility index (Phi) is 12.0. The van der Waals surface area contributed by atoms with Crippen molar-refractivity contribution in [2.24, 2.45) is 11.7 Å². The predicted octanol–water partition coefficient (Wildman–Crippen LogP) is 2.15. The second-order valence-corrected chi connectivity index (χ2v) is 5.23. The van der Waals surface area contributed by atoms with Crippen molar-refractivity contribution in [2.75, 3.05) is 26.2 Å². The minimum Gasteiger partial charge on any atom is -0.395 e. The average molecular weight is 272 g/mol. The van der Waals surface area contributed by atoms with E-state index < -0.39 is 0 Å². The Hall–Kier alpha value is -0.610. The van der Waals surface area contributed by atoms with Gasteiger partial charge in [-0.05, 0) is 31.7 Å². The molecule has 0 spiro atoms. The maximum absolute atomic E-state index is 12.1. The number of amides is 1. The van der Waals surface area contributed by atoms with Crippen LogP contribution in [0.2, 0.25) is 0 Å². The Morgan fingerprint density at radius 2 is 1.89 bits per heavy atom. The van der Waals surface area contributed by atoms with Gasteiger partial charge in [-0.1, -0.05) is 33.1 Å². The topological polar surface area (TPSA) is 66.6 Å². The lowest BCUT2D eigenvalue weighted by Gasteiger charge is -2.23. The van der Waals surface area contributed by atoms with Gasteiger partial charge in [0.15, 0.2) is 0 Å². The molecule has 1 unspecified atom stereocenters. The van der Waals surface area contributed by atoms with E-state index in [0.29, 0.717) is 25.4 Å². The normalized spacial score (nSPS) is 12.4. The molecule has 0 aliphatic heterocycles. The molecule has 0 rings (SSSR count). The number of carbonyl (C=O) groups excluding carboxylic acids is 1. The summed E-state index contributed by atoms with van der Waals surface area (Å²) in [5.74, 6) is 0.752. The molecule has 0 aromatic heterocycles. The minimum atomic E-state index is 0.0522. The van der Waals surface area contributed by atoms with E-state index in [4.69, 9.17) is 10.8 Å². The molecular formula is C15H32N2O2. The fourth-order valence-electron chi connectivity index (χ4n) is 2.39. The molecule has 0 heterocycles. The van der Waals surface area contributed by atoms with Gasteiger partial charge in [0.05, 0.1) is 6.61 Å². The number of nitrogens with zero attached hydrogens (tertiary/aromatic N) is 1. The largest absolute Gasteiger partial charge is 0.395 e. The van der Waals surface area contributed by atoms with Crippen LogP contribution < -0.4 is 5.73 Å². The van der Waals surface area contributed by atoms with Crippen LogP contribution in [0.1, 0.15) is 58.8 Å². The summed E-state index contributed by atoms with van der Waals surface area (Å²) < 4.78 is 0. The molecule has 4 nitrogen and oxygen atoms in total. The van der Waals surface area contributed by atoms with Gasteiger partial charge in [0.2, 0.25) is 5.91 Å². The first-order valence-corrected chi connectivity index (χ1v) is 7.78. The second-order valence-electron chi connectivity index (χ2n) is 5.23. The van der Waals surface area contributed by atoms with E-state index in [1.54, 1.807) is 4.90 Å². The quantitative estimate of drug-likeness (QED) is 0.572. The van der Waals surface area contributed by atoms with E-state index in [0.717, 1.165) is 45.1 Å². The van der Waals surface area contributed by atoms with E-state index in [1.165, 1.54) is 0 Å². The third-order valence-electron chi connectivity index (χ3n) is 3.54. The van der Waals surface area contributed by atoms with Gasteiger partial charge < -0.3 is 15.7 Å². The zero-order chi connectivity index (χ0) is 14.5. The first-order chi connectivity index (χ1) is 9.19. The summed E-state index contributed by atoms with van der Waals surface area (Å²) in [4.78, 5) is 13.9. The molecule has 0 fully saturated rings. The molecule has 114 valence electrons. The maximum Gasteiger partial charge on any atom is 0.222 e. The van der Waals surface area contributed by atoms with Crippen LogP contribution in [0.3, 0.4) is 0 Å². The monoisotopic (exact) mass is 272 g/mol. The lowest BCUT2D eigenvalue weighted by Crippen LogP contribution is -2.34. The highest BCUT2D eigenvalue weighted by atomic mass is 16.3. The van der Waals surface area contributed by atoms with Gasteiger partial charge in [-0.25, -0.2) is 0 Å². The van der Waals surface area contributed by atoms with Crippen molar-refractivity contribution in [3.8, 4) is 0 Å². The zero-order valence-corrected chi connectivity index (χ0v) is 12.7. The number of hydrogen-bond donors (Lipinski definition) is 2. The Labute approximate surface area is 118 Å². The van der Waals surface area contributed by atoms with Crippen molar-refractivity contribution >= 4 is 5.91 Å². The fourth-order valence-corrected chi connectivity index (χ4v) is 2.39. The Balaban J connectivity index is 4.13. The Morgan fingerprint density at radius 1 is 1.16 bits per heavy atom. The van der Waals surface area contributed by atoms with Gasteiger partial charge in [-0.15, -0.1) is 0 Å². The van der Waals surface area contributed by atoms with Crippen molar-refractivity contribution in [1.29, 1.82) is 0 Å². The highest BCUT2D eigenvalue weighted by Crippen LogP contribution is 2.17. The molecule has 0 radical (unpaired) electrons. The molecule has 0 aromatic carbocycles. The summed E-state index contributed by atoms with van der Waals surface area (Å²) in [5, 5.41) is 9.02. The Morgan fingerprint density at radius 3 is 2.42 bits per heavy atom. The third kappa shape index (κ3) is 9.00. The molecule has 0 saturated carbocycles. The van der Waals surface area contributed by atoms with Crippen LogP contribution in [0.5, 0.6) is 0 Å². The number of aliphatic hydroxyl groups is 1. The lowest BCUT2D eigenvalue weighted by atomic mass is 9.94. The average Bonchev–Trinajstić information content (AvgIpc) is 2.41. The van der Waals surface area contributed by atoms with E-state index in [-0.39, 0.29) is 12.5 Å². The van der Waals surface area contributed by atoms with Crippen molar-refractivity contribution < 1.29 is 9.90 Å². The number of unbranched alkanes of at least 4 members (excludes halogenated alkanes) is 1. The van der Waals surface area contributed by atoms with E-state index in [1.807, 2.05) is 0 Å². The molecule has 19 heavy (non-hydrogen) atoms.